The summed E-state index contributed by atoms with van der Waals surface area (Å²) >= 11 is 3.69. The Kier molecular flexibility index (Phi) is 5.43. The number of aryl methyl sites for hydroxylation is 1. The van der Waals surface area contributed by atoms with Crippen LogP contribution in [0.25, 0.3) is 0 Å². The summed E-state index contributed by atoms with van der Waals surface area (Å²) in [5.41, 5.74) is 8.62. The van der Waals surface area contributed by atoms with Crippen LogP contribution in [0.1, 0.15) is 42.9 Å². The maximum absolute atomic E-state index is 6.02. The Morgan fingerprint density at radius 3 is 2.63 bits per heavy atom. The van der Waals surface area contributed by atoms with Crippen LogP contribution in [0.3, 0.4) is 0 Å². The molecule has 2 nitrogen and oxygen atoms in total. The van der Waals surface area contributed by atoms with Gasteiger partial charge < -0.3 is 5.73 Å². The molecule has 1 aromatic carbocycles. The Morgan fingerprint density at radius 1 is 1.37 bits per heavy atom. The first-order valence-electron chi connectivity index (χ1n) is 7.28. The number of likely N-dealkylation sites (N-methyl/N-ethyl adjacent to an activating group) is 1. The molecule has 1 fully saturated rings. The van der Waals surface area contributed by atoms with E-state index in [1.807, 2.05) is 0 Å². The highest BCUT2D eigenvalue weighted by Gasteiger charge is 2.23. The van der Waals surface area contributed by atoms with Gasteiger partial charge in [-0.05, 0) is 49.9 Å². The molecule has 0 heterocycles. The maximum atomic E-state index is 6.02. The molecule has 2 N–H and O–H groups in total. The van der Waals surface area contributed by atoms with Crippen LogP contribution in [0.2, 0.25) is 0 Å². The second kappa shape index (κ2) is 6.87. The largest absolute Gasteiger partial charge is 0.329 e. The number of nitrogens with two attached hydrogens (primary N) is 1. The standard InChI is InChI=1S/C16H25BrN2/c1-12-7-8-14(15(17)9-12)16(10-18)19(2)11-13-5-3-4-6-13/h7-9,13,16H,3-6,10-11,18H2,1-2H3. The average Bonchev–Trinajstić information content (AvgIpc) is 2.85. The van der Waals surface area contributed by atoms with Gasteiger partial charge in [0, 0.05) is 23.6 Å². The van der Waals surface area contributed by atoms with Crippen LogP contribution in [0.5, 0.6) is 0 Å². The van der Waals surface area contributed by atoms with E-state index in [0.29, 0.717) is 12.6 Å². The molecule has 0 spiro atoms. The minimum Gasteiger partial charge on any atom is -0.329 e. The average molecular weight is 325 g/mol. The van der Waals surface area contributed by atoms with Crippen molar-refractivity contribution in [3.05, 3.63) is 33.8 Å². The van der Waals surface area contributed by atoms with Crippen LogP contribution in [0.4, 0.5) is 0 Å². The third-order valence-corrected chi connectivity index (χ3v) is 4.98. The molecule has 1 aromatic rings. The summed E-state index contributed by atoms with van der Waals surface area (Å²) in [4.78, 5) is 2.44. The zero-order valence-electron chi connectivity index (χ0n) is 12.0. The van der Waals surface area contributed by atoms with Gasteiger partial charge in [0.1, 0.15) is 0 Å². The highest BCUT2D eigenvalue weighted by molar-refractivity contribution is 9.10. The number of hydrogen-bond acceptors (Lipinski definition) is 2. The Labute approximate surface area is 125 Å². The Morgan fingerprint density at radius 2 is 2.05 bits per heavy atom. The highest BCUT2D eigenvalue weighted by atomic mass is 79.9. The second-order valence-corrected chi connectivity index (χ2v) is 6.72. The van der Waals surface area contributed by atoms with E-state index in [2.05, 4.69) is 53.0 Å². The molecular weight excluding hydrogens is 300 g/mol. The SMILES string of the molecule is Cc1ccc(C(CN)N(C)CC2CCCC2)c(Br)c1. The van der Waals surface area contributed by atoms with Crippen molar-refractivity contribution in [1.82, 2.24) is 4.90 Å². The minimum atomic E-state index is 0.315. The number of rotatable bonds is 5. The molecule has 106 valence electrons. The lowest BCUT2D eigenvalue weighted by Crippen LogP contribution is -2.34. The van der Waals surface area contributed by atoms with Gasteiger partial charge in [-0.2, -0.15) is 0 Å². The lowest BCUT2D eigenvalue weighted by atomic mass is 10.0. The fourth-order valence-electron chi connectivity index (χ4n) is 3.17. The molecule has 1 aliphatic rings. The topological polar surface area (TPSA) is 29.3 Å². The predicted octanol–water partition coefficient (Wildman–Crippen LogP) is 3.88. The summed E-state index contributed by atoms with van der Waals surface area (Å²) in [5.74, 6) is 0.864. The van der Waals surface area contributed by atoms with Crippen LogP contribution >= 0.6 is 15.9 Å². The zero-order chi connectivity index (χ0) is 13.8. The smallest absolute Gasteiger partial charge is 0.0478 e. The molecular formula is C16H25BrN2. The van der Waals surface area contributed by atoms with Gasteiger partial charge in [0.15, 0.2) is 0 Å². The Bertz CT molecular complexity index is 413. The van der Waals surface area contributed by atoms with Gasteiger partial charge in [0.2, 0.25) is 0 Å². The van der Waals surface area contributed by atoms with Gasteiger partial charge >= 0.3 is 0 Å². The van der Waals surface area contributed by atoms with Crippen molar-refractivity contribution >= 4 is 15.9 Å². The summed E-state index contributed by atoms with van der Waals surface area (Å²) in [5, 5.41) is 0. The van der Waals surface area contributed by atoms with Gasteiger partial charge in [0.05, 0.1) is 0 Å². The van der Waals surface area contributed by atoms with E-state index in [-0.39, 0.29) is 0 Å². The lowest BCUT2D eigenvalue weighted by molar-refractivity contribution is 0.212. The molecule has 0 aromatic heterocycles. The van der Waals surface area contributed by atoms with Gasteiger partial charge in [-0.25, -0.2) is 0 Å². The summed E-state index contributed by atoms with van der Waals surface area (Å²) < 4.78 is 1.18. The van der Waals surface area contributed by atoms with Crippen molar-refractivity contribution in [2.24, 2.45) is 11.7 Å². The van der Waals surface area contributed by atoms with E-state index in [9.17, 15) is 0 Å². The van der Waals surface area contributed by atoms with Gasteiger partial charge in [-0.15, -0.1) is 0 Å². The summed E-state index contributed by atoms with van der Waals surface area (Å²) in [7, 11) is 2.21. The Balaban J connectivity index is 2.09. The Hall–Kier alpha value is -0.380. The molecule has 1 atom stereocenters. The number of hydrogen-bond donors (Lipinski definition) is 1. The summed E-state index contributed by atoms with van der Waals surface area (Å²) in [6.07, 6.45) is 5.58. The van der Waals surface area contributed by atoms with Gasteiger partial charge in [-0.1, -0.05) is 40.9 Å². The number of nitrogens with zero attached hydrogens (tertiary/aromatic N) is 1. The van der Waals surface area contributed by atoms with E-state index in [1.54, 1.807) is 0 Å². The number of benzene rings is 1. The first-order chi connectivity index (χ1) is 9.11. The van der Waals surface area contributed by atoms with E-state index in [0.717, 1.165) is 5.92 Å². The molecule has 3 heteroatoms. The van der Waals surface area contributed by atoms with E-state index >= 15 is 0 Å². The van der Waals surface area contributed by atoms with Crippen LogP contribution in [-0.2, 0) is 0 Å². The molecule has 2 rings (SSSR count). The van der Waals surface area contributed by atoms with Crippen molar-refractivity contribution in [1.29, 1.82) is 0 Å². The molecule has 1 unspecified atom stereocenters. The van der Waals surface area contributed by atoms with E-state index in [4.69, 9.17) is 5.73 Å². The van der Waals surface area contributed by atoms with E-state index in [1.165, 1.54) is 47.8 Å². The summed E-state index contributed by atoms with van der Waals surface area (Å²) in [6.45, 7) is 3.96. The fourth-order valence-corrected chi connectivity index (χ4v) is 3.93. The quantitative estimate of drug-likeness (QED) is 0.890. The number of halogens is 1. The molecule has 0 amide bonds. The molecule has 1 aliphatic carbocycles. The first kappa shape index (κ1) is 15.0. The molecule has 0 saturated heterocycles. The van der Waals surface area contributed by atoms with Crippen LogP contribution in [0.15, 0.2) is 22.7 Å². The maximum Gasteiger partial charge on any atom is 0.0478 e. The van der Waals surface area contributed by atoms with Crippen LogP contribution in [-0.4, -0.2) is 25.0 Å². The van der Waals surface area contributed by atoms with Gasteiger partial charge in [-0.3, -0.25) is 4.90 Å². The fraction of sp³-hybridized carbons (Fsp3) is 0.625. The lowest BCUT2D eigenvalue weighted by Gasteiger charge is -2.30. The van der Waals surface area contributed by atoms with Crippen molar-refractivity contribution in [2.45, 2.75) is 38.6 Å². The second-order valence-electron chi connectivity index (χ2n) is 5.87. The zero-order valence-corrected chi connectivity index (χ0v) is 13.6. The monoisotopic (exact) mass is 324 g/mol. The van der Waals surface area contributed by atoms with Crippen molar-refractivity contribution < 1.29 is 0 Å². The highest BCUT2D eigenvalue weighted by Crippen LogP contribution is 2.31. The third-order valence-electron chi connectivity index (χ3n) is 4.29. The molecule has 0 bridgehead atoms. The van der Waals surface area contributed by atoms with Gasteiger partial charge in [0.25, 0.3) is 0 Å². The minimum absolute atomic E-state index is 0.315. The van der Waals surface area contributed by atoms with Crippen LogP contribution in [0, 0.1) is 12.8 Å². The molecule has 1 saturated carbocycles. The van der Waals surface area contributed by atoms with Crippen LogP contribution < -0.4 is 5.73 Å². The normalized spacial score (nSPS) is 18.2. The molecule has 19 heavy (non-hydrogen) atoms. The van der Waals surface area contributed by atoms with Crippen molar-refractivity contribution in [3.63, 3.8) is 0 Å². The van der Waals surface area contributed by atoms with Crippen molar-refractivity contribution in [3.8, 4) is 0 Å². The van der Waals surface area contributed by atoms with E-state index < -0.39 is 0 Å². The molecule has 0 radical (unpaired) electrons. The molecule has 0 aliphatic heterocycles. The predicted molar refractivity (Wildman–Crippen MR) is 85.3 cm³/mol. The van der Waals surface area contributed by atoms with Crippen molar-refractivity contribution in [2.75, 3.05) is 20.1 Å². The summed E-state index contributed by atoms with van der Waals surface area (Å²) in [6, 6.07) is 6.88. The third kappa shape index (κ3) is 3.80. The first-order valence-corrected chi connectivity index (χ1v) is 8.07.